The predicted octanol–water partition coefficient (Wildman–Crippen LogP) is 1.84. The zero-order valence-electron chi connectivity index (χ0n) is 20.8. The molecule has 218 valence electrons. The minimum absolute atomic E-state index is 0.0849. The van der Waals surface area contributed by atoms with Crippen LogP contribution in [-0.2, 0) is 28.7 Å². The molecular formula is C24H29F6N3O6. The van der Waals surface area contributed by atoms with Crippen LogP contribution in [0.4, 0.5) is 26.3 Å². The van der Waals surface area contributed by atoms with Gasteiger partial charge in [-0.25, -0.2) is 0 Å². The van der Waals surface area contributed by atoms with Gasteiger partial charge in [-0.1, -0.05) is 6.42 Å². The summed E-state index contributed by atoms with van der Waals surface area (Å²) in [5, 5.41) is 5.02. The summed E-state index contributed by atoms with van der Waals surface area (Å²) in [4.78, 5) is 53.1. The van der Waals surface area contributed by atoms with E-state index in [1.165, 1.54) is 4.90 Å². The lowest BCUT2D eigenvalue weighted by molar-refractivity contribution is -0.321. The molecule has 4 heterocycles. The van der Waals surface area contributed by atoms with Crippen LogP contribution in [0.3, 0.4) is 0 Å². The molecule has 6 fully saturated rings. The van der Waals surface area contributed by atoms with Gasteiger partial charge in [-0.3, -0.25) is 23.9 Å². The molecule has 4 saturated heterocycles. The lowest BCUT2D eigenvalue weighted by Crippen LogP contribution is -2.62. The first-order valence-electron chi connectivity index (χ1n) is 13.0. The summed E-state index contributed by atoms with van der Waals surface area (Å²) >= 11 is 0. The number of nitrogens with one attached hydrogen (secondary N) is 2. The van der Waals surface area contributed by atoms with Crippen molar-refractivity contribution in [2.24, 2.45) is 23.2 Å². The third kappa shape index (κ3) is 5.00. The van der Waals surface area contributed by atoms with Crippen LogP contribution in [0.2, 0.25) is 0 Å². The van der Waals surface area contributed by atoms with Crippen LogP contribution < -0.4 is 10.6 Å². The minimum Gasteiger partial charge on any atom is -0.364 e. The van der Waals surface area contributed by atoms with E-state index in [1.54, 1.807) is 0 Å². The van der Waals surface area contributed by atoms with Crippen LogP contribution in [0.5, 0.6) is 0 Å². The van der Waals surface area contributed by atoms with E-state index >= 15 is 0 Å². The molecule has 0 spiro atoms. The Labute approximate surface area is 219 Å². The van der Waals surface area contributed by atoms with Crippen molar-refractivity contribution in [2.45, 2.75) is 75.2 Å². The highest BCUT2D eigenvalue weighted by Crippen LogP contribution is 2.65. The number of Topliss-reactive ketones (excluding diaryl/α,β-unsaturated/α-hetero) is 1. The molecule has 2 bridgehead atoms. The third-order valence-corrected chi connectivity index (χ3v) is 9.05. The molecule has 39 heavy (non-hydrogen) atoms. The van der Waals surface area contributed by atoms with Crippen molar-refractivity contribution >= 4 is 23.5 Å². The van der Waals surface area contributed by atoms with Crippen molar-refractivity contribution < 1.29 is 55.0 Å². The summed E-state index contributed by atoms with van der Waals surface area (Å²) in [7, 11) is 0. The number of amides is 3. The van der Waals surface area contributed by atoms with Crippen molar-refractivity contribution in [3.8, 4) is 0 Å². The van der Waals surface area contributed by atoms with Gasteiger partial charge in [-0.15, -0.1) is 13.2 Å². The summed E-state index contributed by atoms with van der Waals surface area (Å²) in [5.74, 6) is -4.13. The van der Waals surface area contributed by atoms with Gasteiger partial charge in [0.1, 0.15) is 18.2 Å². The van der Waals surface area contributed by atoms with Crippen molar-refractivity contribution in [1.29, 1.82) is 0 Å². The van der Waals surface area contributed by atoms with Gasteiger partial charge in [0.15, 0.2) is 5.78 Å². The standard InChI is InChI=1S/C24H29F6N3O6/c25-23(26,27)21-9-22(10-21,39-11-21)20(37)33-7-13-2-1-3-14(13)17(33)19(36)32-15(6-12-4-5-31-18(12)35)16(34)8-38-24(28,29)30/h12-15,17H,1-11H2,(H,31,35)(H,32,36)/t12-,13-,14-,15?,17-,21?,22?/m0/s1. The van der Waals surface area contributed by atoms with Gasteiger partial charge in [0, 0.05) is 31.8 Å². The number of nitrogens with zero attached hydrogens (tertiary/aromatic N) is 1. The van der Waals surface area contributed by atoms with Crippen LogP contribution in [0, 0.1) is 23.2 Å². The average molecular weight is 569 g/mol. The Bertz CT molecular complexity index is 1040. The second-order valence-corrected chi connectivity index (χ2v) is 11.4. The molecule has 6 rings (SSSR count). The van der Waals surface area contributed by atoms with Crippen molar-refractivity contribution in [1.82, 2.24) is 15.5 Å². The largest absolute Gasteiger partial charge is 0.522 e. The number of ether oxygens (including phenoxy) is 2. The summed E-state index contributed by atoms with van der Waals surface area (Å²) in [6, 6.07) is -2.62. The maximum Gasteiger partial charge on any atom is 0.522 e. The summed E-state index contributed by atoms with van der Waals surface area (Å²) in [6.07, 6.45) is -8.60. The molecule has 6 aliphatic rings. The van der Waals surface area contributed by atoms with E-state index in [4.69, 9.17) is 4.74 Å². The molecule has 2 aliphatic carbocycles. The molecular weight excluding hydrogens is 540 g/mol. The number of halogens is 6. The van der Waals surface area contributed by atoms with Gasteiger partial charge in [-0.05, 0) is 37.5 Å². The van der Waals surface area contributed by atoms with Gasteiger partial charge < -0.3 is 20.3 Å². The average Bonchev–Trinajstić information content (AvgIpc) is 3.61. The first-order valence-corrected chi connectivity index (χ1v) is 13.0. The number of hydrogen-bond donors (Lipinski definition) is 2. The van der Waals surface area contributed by atoms with Crippen molar-refractivity contribution in [3.05, 3.63) is 0 Å². The number of hydrogen-bond acceptors (Lipinski definition) is 6. The second kappa shape index (κ2) is 9.60. The Morgan fingerprint density at radius 1 is 1.13 bits per heavy atom. The van der Waals surface area contributed by atoms with Gasteiger partial charge in [-0.2, -0.15) is 13.2 Å². The zero-order valence-corrected chi connectivity index (χ0v) is 20.8. The summed E-state index contributed by atoms with van der Waals surface area (Å²) in [6.45, 7) is -1.57. The number of fused-ring (bicyclic) bond motifs is 2. The normalized spacial score (nSPS) is 36.4. The van der Waals surface area contributed by atoms with E-state index in [0.29, 0.717) is 25.8 Å². The Morgan fingerprint density at radius 3 is 2.44 bits per heavy atom. The number of likely N-dealkylation sites (tertiary alicyclic amines) is 1. The molecule has 2 N–H and O–H groups in total. The number of ketones is 1. The highest BCUT2D eigenvalue weighted by molar-refractivity contribution is 5.96. The monoisotopic (exact) mass is 569 g/mol. The van der Waals surface area contributed by atoms with E-state index < -0.39 is 91.1 Å². The number of rotatable bonds is 8. The van der Waals surface area contributed by atoms with Crippen LogP contribution in [0.25, 0.3) is 0 Å². The lowest BCUT2D eigenvalue weighted by atomic mass is 9.61. The lowest BCUT2D eigenvalue weighted by Gasteiger charge is -2.46. The molecule has 4 aliphatic heterocycles. The minimum atomic E-state index is -5.09. The van der Waals surface area contributed by atoms with Crippen LogP contribution in [0.1, 0.15) is 44.9 Å². The summed E-state index contributed by atoms with van der Waals surface area (Å²) < 4.78 is 87.3. The molecule has 15 heteroatoms. The van der Waals surface area contributed by atoms with Gasteiger partial charge in [0.25, 0.3) is 5.91 Å². The fourth-order valence-electron chi connectivity index (χ4n) is 7.07. The smallest absolute Gasteiger partial charge is 0.364 e. The van der Waals surface area contributed by atoms with Gasteiger partial charge in [0.2, 0.25) is 11.8 Å². The van der Waals surface area contributed by atoms with E-state index in [9.17, 15) is 45.5 Å². The Hall–Kier alpha value is -2.42. The third-order valence-electron chi connectivity index (χ3n) is 9.05. The summed E-state index contributed by atoms with van der Waals surface area (Å²) in [5.41, 5.74) is -3.77. The van der Waals surface area contributed by atoms with E-state index in [1.807, 2.05) is 0 Å². The molecule has 0 aromatic heterocycles. The topological polar surface area (TPSA) is 114 Å². The number of carbonyl (C=O) groups excluding carboxylic acids is 4. The zero-order chi connectivity index (χ0) is 28.4. The van der Waals surface area contributed by atoms with Gasteiger partial charge in [0.05, 0.1) is 18.1 Å². The SMILES string of the molecule is O=C(COC(F)(F)F)C(C[C@@H]1CCNC1=O)NC(=O)[C@@H]1[C@H]2CCC[C@H]2CN1C(=O)C12CC(C(F)(F)F)(CO1)C2. The highest BCUT2D eigenvalue weighted by atomic mass is 19.4. The van der Waals surface area contributed by atoms with Crippen LogP contribution in [0.15, 0.2) is 0 Å². The number of carbonyl (C=O) groups is 4. The quantitative estimate of drug-likeness (QED) is 0.432. The molecule has 0 radical (unpaired) electrons. The first-order chi connectivity index (χ1) is 18.1. The number of alkyl halides is 6. The Morgan fingerprint density at radius 2 is 1.85 bits per heavy atom. The predicted molar refractivity (Wildman–Crippen MR) is 117 cm³/mol. The molecule has 1 unspecified atom stereocenters. The molecule has 0 aromatic rings. The highest BCUT2D eigenvalue weighted by Gasteiger charge is 2.77. The van der Waals surface area contributed by atoms with E-state index in [-0.39, 0.29) is 24.8 Å². The van der Waals surface area contributed by atoms with E-state index in [0.717, 1.165) is 6.42 Å². The van der Waals surface area contributed by atoms with Crippen molar-refractivity contribution in [2.75, 3.05) is 26.3 Å². The molecule has 2 saturated carbocycles. The van der Waals surface area contributed by atoms with E-state index in [2.05, 4.69) is 15.4 Å². The van der Waals surface area contributed by atoms with Gasteiger partial charge >= 0.3 is 12.5 Å². The molecule has 0 aromatic carbocycles. The second-order valence-electron chi connectivity index (χ2n) is 11.4. The Kier molecular flexibility index (Phi) is 6.92. The fraction of sp³-hybridized carbons (Fsp3) is 0.833. The first kappa shape index (κ1) is 28.1. The molecule has 9 nitrogen and oxygen atoms in total. The molecule has 3 amide bonds. The molecule has 5 atom stereocenters. The Balaban J connectivity index is 1.33. The fourth-order valence-corrected chi connectivity index (χ4v) is 7.07. The van der Waals surface area contributed by atoms with Crippen molar-refractivity contribution in [3.63, 3.8) is 0 Å². The maximum absolute atomic E-state index is 13.6. The maximum atomic E-state index is 13.6. The van der Waals surface area contributed by atoms with Crippen LogP contribution in [-0.4, -0.2) is 84.9 Å². The van der Waals surface area contributed by atoms with Crippen LogP contribution >= 0.6 is 0 Å².